The van der Waals surface area contributed by atoms with Crippen molar-refractivity contribution < 1.29 is 4.39 Å². The first-order valence-corrected chi connectivity index (χ1v) is 6.16. The van der Waals surface area contributed by atoms with E-state index in [1.54, 1.807) is 19.1 Å². The van der Waals surface area contributed by atoms with Crippen LogP contribution in [0.3, 0.4) is 0 Å². The largest absolute Gasteiger partial charge is 0.383 e. The first kappa shape index (κ1) is 13.3. The average molecular weight is 260 g/mol. The lowest BCUT2D eigenvalue weighted by Crippen LogP contribution is -2.11. The molecule has 3 N–H and O–H groups in total. The van der Waals surface area contributed by atoms with Crippen LogP contribution in [-0.2, 0) is 6.42 Å². The Hall–Kier alpha value is -2.17. The Balaban J connectivity index is 2.02. The maximum Gasteiger partial charge on any atom is 0.134 e. The van der Waals surface area contributed by atoms with Gasteiger partial charge in [0.05, 0.1) is 0 Å². The molecule has 1 aromatic heterocycles. The van der Waals surface area contributed by atoms with Crippen LogP contribution in [0.1, 0.15) is 17.0 Å². The number of nitrogens with two attached hydrogens (primary N) is 1. The molecule has 1 aromatic carbocycles. The molecule has 0 spiro atoms. The molecule has 0 atom stereocenters. The van der Waals surface area contributed by atoms with Crippen molar-refractivity contribution in [3.05, 3.63) is 47.0 Å². The van der Waals surface area contributed by atoms with E-state index in [9.17, 15) is 4.39 Å². The lowest BCUT2D eigenvalue weighted by atomic mass is 10.1. The van der Waals surface area contributed by atoms with Gasteiger partial charge >= 0.3 is 0 Å². The van der Waals surface area contributed by atoms with Crippen LogP contribution in [0.15, 0.2) is 24.3 Å². The van der Waals surface area contributed by atoms with E-state index in [1.165, 1.54) is 6.07 Å². The van der Waals surface area contributed by atoms with Crippen LogP contribution in [0.2, 0.25) is 0 Å². The van der Waals surface area contributed by atoms with Crippen LogP contribution in [0, 0.1) is 19.7 Å². The lowest BCUT2D eigenvalue weighted by molar-refractivity contribution is 0.610. The van der Waals surface area contributed by atoms with Gasteiger partial charge < -0.3 is 11.1 Å². The summed E-state index contributed by atoms with van der Waals surface area (Å²) >= 11 is 0. The van der Waals surface area contributed by atoms with E-state index in [2.05, 4.69) is 15.3 Å². The number of nitrogens with zero attached hydrogens (tertiary/aromatic N) is 2. The minimum Gasteiger partial charge on any atom is -0.383 e. The Morgan fingerprint density at radius 3 is 2.68 bits per heavy atom. The molecule has 2 rings (SSSR count). The third kappa shape index (κ3) is 3.19. The van der Waals surface area contributed by atoms with Gasteiger partial charge in [0.25, 0.3) is 0 Å². The number of anilines is 2. The second-order valence-electron chi connectivity index (χ2n) is 4.40. The molecule has 2 aromatic rings. The molecule has 0 unspecified atom stereocenters. The molecule has 1 heterocycles. The zero-order valence-corrected chi connectivity index (χ0v) is 11.1. The van der Waals surface area contributed by atoms with Crippen molar-refractivity contribution in [1.82, 2.24) is 9.97 Å². The molecule has 0 saturated heterocycles. The predicted molar refractivity (Wildman–Crippen MR) is 74.5 cm³/mol. The average Bonchev–Trinajstić information content (AvgIpc) is 2.37. The summed E-state index contributed by atoms with van der Waals surface area (Å²) in [6.45, 7) is 4.25. The third-order valence-corrected chi connectivity index (χ3v) is 2.94. The SMILES string of the molecule is Cc1nc(N)c(C)c(NCCc2ccccc2F)n1. The van der Waals surface area contributed by atoms with Gasteiger partial charge in [0, 0.05) is 12.1 Å². The van der Waals surface area contributed by atoms with Gasteiger partial charge in [0.1, 0.15) is 23.3 Å². The first-order chi connectivity index (χ1) is 9.08. The van der Waals surface area contributed by atoms with E-state index in [0.717, 1.165) is 5.56 Å². The Bertz CT molecular complexity index is 584. The van der Waals surface area contributed by atoms with E-state index in [1.807, 2.05) is 13.0 Å². The second kappa shape index (κ2) is 5.65. The van der Waals surface area contributed by atoms with Crippen LogP contribution < -0.4 is 11.1 Å². The number of rotatable bonds is 4. The van der Waals surface area contributed by atoms with Crippen LogP contribution in [0.5, 0.6) is 0 Å². The Morgan fingerprint density at radius 2 is 1.95 bits per heavy atom. The minimum absolute atomic E-state index is 0.181. The monoisotopic (exact) mass is 260 g/mol. The summed E-state index contributed by atoms with van der Waals surface area (Å²) in [4.78, 5) is 8.37. The summed E-state index contributed by atoms with van der Waals surface area (Å²) in [7, 11) is 0. The van der Waals surface area contributed by atoms with E-state index < -0.39 is 0 Å². The van der Waals surface area contributed by atoms with Crippen molar-refractivity contribution >= 4 is 11.6 Å². The molecule has 0 radical (unpaired) electrons. The number of nitrogens with one attached hydrogen (secondary N) is 1. The normalized spacial score (nSPS) is 10.5. The lowest BCUT2D eigenvalue weighted by Gasteiger charge is -2.11. The highest BCUT2D eigenvalue weighted by Crippen LogP contribution is 2.17. The zero-order valence-electron chi connectivity index (χ0n) is 11.1. The van der Waals surface area contributed by atoms with E-state index in [-0.39, 0.29) is 5.82 Å². The van der Waals surface area contributed by atoms with Crippen LogP contribution in [0.4, 0.5) is 16.0 Å². The van der Waals surface area contributed by atoms with E-state index >= 15 is 0 Å². The molecule has 0 bridgehead atoms. The van der Waals surface area contributed by atoms with Gasteiger partial charge in [-0.2, -0.15) is 0 Å². The van der Waals surface area contributed by atoms with Crippen molar-refractivity contribution in [2.75, 3.05) is 17.6 Å². The third-order valence-electron chi connectivity index (χ3n) is 2.94. The summed E-state index contributed by atoms with van der Waals surface area (Å²) in [5.41, 5.74) is 7.28. The Morgan fingerprint density at radius 1 is 1.21 bits per heavy atom. The minimum atomic E-state index is -0.181. The van der Waals surface area contributed by atoms with Gasteiger partial charge in [0.15, 0.2) is 0 Å². The van der Waals surface area contributed by atoms with Crippen molar-refractivity contribution in [3.8, 4) is 0 Å². The highest BCUT2D eigenvalue weighted by Gasteiger charge is 2.06. The number of aromatic nitrogens is 2. The van der Waals surface area contributed by atoms with Crippen molar-refractivity contribution in [3.63, 3.8) is 0 Å². The molecule has 19 heavy (non-hydrogen) atoms. The molecule has 0 fully saturated rings. The number of hydrogen-bond donors (Lipinski definition) is 2. The van der Waals surface area contributed by atoms with E-state index in [4.69, 9.17) is 5.73 Å². The van der Waals surface area contributed by atoms with Gasteiger partial charge in [-0.05, 0) is 31.9 Å². The molecule has 0 amide bonds. The summed E-state index contributed by atoms with van der Waals surface area (Å²) < 4.78 is 13.4. The summed E-state index contributed by atoms with van der Waals surface area (Å²) in [6, 6.07) is 6.76. The molecule has 0 saturated carbocycles. The molecule has 0 aliphatic rings. The van der Waals surface area contributed by atoms with Gasteiger partial charge in [-0.1, -0.05) is 18.2 Å². The van der Waals surface area contributed by atoms with Crippen LogP contribution in [-0.4, -0.2) is 16.5 Å². The molecular weight excluding hydrogens is 243 g/mol. The number of halogens is 1. The molecular formula is C14H17FN4. The van der Waals surface area contributed by atoms with Gasteiger partial charge in [-0.3, -0.25) is 0 Å². The summed E-state index contributed by atoms with van der Waals surface area (Å²) in [5.74, 6) is 1.62. The van der Waals surface area contributed by atoms with Gasteiger partial charge in [-0.25, -0.2) is 14.4 Å². The van der Waals surface area contributed by atoms with Crippen LogP contribution in [0.25, 0.3) is 0 Å². The highest BCUT2D eigenvalue weighted by molar-refractivity contribution is 5.54. The Labute approximate surface area is 111 Å². The smallest absolute Gasteiger partial charge is 0.134 e. The second-order valence-corrected chi connectivity index (χ2v) is 4.40. The van der Waals surface area contributed by atoms with Gasteiger partial charge in [0.2, 0.25) is 0 Å². The maximum atomic E-state index is 13.4. The highest BCUT2D eigenvalue weighted by atomic mass is 19.1. The number of benzene rings is 1. The van der Waals surface area contributed by atoms with Crippen molar-refractivity contribution in [2.24, 2.45) is 0 Å². The first-order valence-electron chi connectivity index (χ1n) is 6.16. The number of hydrogen-bond acceptors (Lipinski definition) is 4. The summed E-state index contributed by atoms with van der Waals surface area (Å²) in [6.07, 6.45) is 0.592. The molecule has 100 valence electrons. The molecule has 0 aliphatic carbocycles. The zero-order chi connectivity index (χ0) is 13.8. The quantitative estimate of drug-likeness (QED) is 0.886. The number of aryl methyl sites for hydroxylation is 1. The van der Waals surface area contributed by atoms with E-state index in [0.29, 0.717) is 36.0 Å². The predicted octanol–water partition coefficient (Wildman–Crippen LogP) is 2.47. The fraction of sp³-hybridized carbons (Fsp3) is 0.286. The molecule has 0 aliphatic heterocycles. The van der Waals surface area contributed by atoms with Crippen molar-refractivity contribution in [2.45, 2.75) is 20.3 Å². The topological polar surface area (TPSA) is 63.8 Å². The van der Waals surface area contributed by atoms with Crippen LogP contribution >= 0.6 is 0 Å². The fourth-order valence-electron chi connectivity index (χ4n) is 1.84. The summed E-state index contributed by atoms with van der Waals surface area (Å²) in [5, 5.41) is 3.17. The molecule has 5 heteroatoms. The standard InChI is InChI=1S/C14H17FN4/c1-9-13(16)18-10(2)19-14(9)17-8-7-11-5-3-4-6-12(11)15/h3-6H,7-8H2,1-2H3,(H3,16,17,18,19). The number of nitrogen functional groups attached to an aromatic ring is 1. The molecule has 4 nitrogen and oxygen atoms in total. The van der Waals surface area contributed by atoms with Crippen molar-refractivity contribution in [1.29, 1.82) is 0 Å². The fourth-order valence-corrected chi connectivity index (χ4v) is 1.84. The van der Waals surface area contributed by atoms with Gasteiger partial charge in [-0.15, -0.1) is 0 Å². The maximum absolute atomic E-state index is 13.4. The Kier molecular flexibility index (Phi) is 3.94.